The molecule has 0 aliphatic rings. The van der Waals surface area contributed by atoms with E-state index in [9.17, 15) is 0 Å². The van der Waals surface area contributed by atoms with Gasteiger partial charge >= 0.3 is 0 Å². The molecular formula is C53H35N3. The van der Waals surface area contributed by atoms with Crippen LogP contribution in [0.4, 0.5) is 17.1 Å². The number of anilines is 3. The van der Waals surface area contributed by atoms with E-state index in [0.29, 0.717) is 0 Å². The lowest BCUT2D eigenvalue weighted by molar-refractivity contribution is 1.18. The second kappa shape index (κ2) is 13.1. The van der Waals surface area contributed by atoms with Crippen LogP contribution in [0.2, 0.25) is 0 Å². The van der Waals surface area contributed by atoms with Gasteiger partial charge in [0.1, 0.15) is 5.82 Å². The molecule has 0 aliphatic heterocycles. The van der Waals surface area contributed by atoms with E-state index in [2.05, 4.69) is 222 Å². The van der Waals surface area contributed by atoms with Crippen molar-refractivity contribution >= 4 is 65.9 Å². The van der Waals surface area contributed by atoms with E-state index in [4.69, 9.17) is 4.98 Å². The molecular weight excluding hydrogens is 679 g/mol. The highest BCUT2D eigenvalue weighted by Gasteiger charge is 2.21. The van der Waals surface area contributed by atoms with Gasteiger partial charge in [-0.25, -0.2) is 4.98 Å². The molecule has 9 aromatic carbocycles. The predicted octanol–water partition coefficient (Wildman–Crippen LogP) is 14.4. The molecule has 262 valence electrons. The molecule has 0 radical (unpaired) electrons. The van der Waals surface area contributed by atoms with Gasteiger partial charge in [0, 0.05) is 39.0 Å². The second-order valence-corrected chi connectivity index (χ2v) is 14.4. The Morgan fingerprint density at radius 3 is 1.54 bits per heavy atom. The molecule has 56 heavy (non-hydrogen) atoms. The van der Waals surface area contributed by atoms with E-state index in [1.807, 2.05) is 0 Å². The summed E-state index contributed by atoms with van der Waals surface area (Å²) in [5.74, 6) is 0.928. The Hall–Kier alpha value is -7.49. The standard InChI is InChI=1S/C53H35N3/c1-3-15-44(16-4-1)55(45-17-5-2-6-18-45)46-31-29-37(30-32-46)51-48-20-10-12-22-50(48)56-52(51)47-19-9-11-21-49(47)54-53(56)43-28-27-41-34-40(25-26-42(41)35-43)39-24-23-36-13-7-8-14-38(36)33-39/h1-35H. The second-order valence-electron chi connectivity index (χ2n) is 14.4. The molecule has 3 heteroatoms. The molecule has 0 N–H and O–H groups in total. The van der Waals surface area contributed by atoms with Crippen LogP contribution < -0.4 is 4.90 Å². The van der Waals surface area contributed by atoms with Crippen molar-refractivity contribution in [2.75, 3.05) is 4.90 Å². The molecule has 0 fully saturated rings. The lowest BCUT2D eigenvalue weighted by Crippen LogP contribution is -2.09. The van der Waals surface area contributed by atoms with Crippen LogP contribution in [-0.2, 0) is 0 Å². The van der Waals surface area contributed by atoms with Crippen molar-refractivity contribution in [1.29, 1.82) is 0 Å². The van der Waals surface area contributed by atoms with Gasteiger partial charge < -0.3 is 4.90 Å². The minimum atomic E-state index is 0.928. The molecule has 0 amide bonds. The number of aromatic nitrogens is 2. The summed E-state index contributed by atoms with van der Waals surface area (Å²) in [5.41, 5.74) is 12.5. The zero-order chi connectivity index (χ0) is 37.0. The molecule has 0 aliphatic carbocycles. The molecule has 0 saturated carbocycles. The smallest absolute Gasteiger partial charge is 0.145 e. The third-order valence-corrected chi connectivity index (χ3v) is 11.1. The Morgan fingerprint density at radius 2 is 0.839 bits per heavy atom. The molecule has 0 spiro atoms. The third kappa shape index (κ3) is 5.32. The van der Waals surface area contributed by atoms with Crippen LogP contribution in [0.5, 0.6) is 0 Å². The highest BCUT2D eigenvalue weighted by molar-refractivity contribution is 6.15. The van der Waals surface area contributed by atoms with Crippen LogP contribution in [0.15, 0.2) is 212 Å². The normalized spacial score (nSPS) is 11.6. The first-order chi connectivity index (χ1) is 27.8. The van der Waals surface area contributed by atoms with Gasteiger partial charge in [0.2, 0.25) is 0 Å². The molecule has 2 heterocycles. The number of hydrogen-bond acceptors (Lipinski definition) is 2. The number of para-hydroxylation sites is 4. The topological polar surface area (TPSA) is 20.5 Å². The minimum Gasteiger partial charge on any atom is -0.311 e. The van der Waals surface area contributed by atoms with E-state index in [0.717, 1.165) is 55.9 Å². The average Bonchev–Trinajstić information content (AvgIpc) is 3.62. The van der Waals surface area contributed by atoms with E-state index >= 15 is 0 Å². The van der Waals surface area contributed by atoms with Crippen LogP contribution >= 0.6 is 0 Å². The maximum Gasteiger partial charge on any atom is 0.145 e. The van der Waals surface area contributed by atoms with E-state index in [-0.39, 0.29) is 0 Å². The highest BCUT2D eigenvalue weighted by Crippen LogP contribution is 2.43. The first-order valence-electron chi connectivity index (χ1n) is 19.1. The lowest BCUT2D eigenvalue weighted by Gasteiger charge is -2.25. The van der Waals surface area contributed by atoms with Crippen LogP contribution in [0.25, 0.3) is 82.5 Å². The Labute approximate surface area is 325 Å². The summed E-state index contributed by atoms with van der Waals surface area (Å²) in [5, 5.41) is 7.22. The number of benzene rings is 9. The van der Waals surface area contributed by atoms with E-state index in [1.165, 1.54) is 43.6 Å². The maximum absolute atomic E-state index is 5.39. The van der Waals surface area contributed by atoms with Crippen LogP contribution in [-0.4, -0.2) is 9.38 Å². The van der Waals surface area contributed by atoms with Gasteiger partial charge in [-0.15, -0.1) is 0 Å². The van der Waals surface area contributed by atoms with Gasteiger partial charge in [-0.05, 0) is 105 Å². The Bertz CT molecular complexity index is 3200. The van der Waals surface area contributed by atoms with Crippen molar-refractivity contribution < 1.29 is 0 Å². The fourth-order valence-electron chi connectivity index (χ4n) is 8.45. The van der Waals surface area contributed by atoms with Gasteiger partial charge in [-0.3, -0.25) is 4.40 Å². The summed E-state index contributed by atoms with van der Waals surface area (Å²) in [6.07, 6.45) is 0. The first kappa shape index (κ1) is 32.0. The Balaban J connectivity index is 1.07. The number of fused-ring (bicyclic) bond motifs is 7. The lowest BCUT2D eigenvalue weighted by atomic mass is 9.97. The average molecular weight is 714 g/mol. The minimum absolute atomic E-state index is 0.928. The van der Waals surface area contributed by atoms with Crippen molar-refractivity contribution in [2.45, 2.75) is 0 Å². The fraction of sp³-hybridized carbons (Fsp3) is 0. The van der Waals surface area contributed by atoms with Crippen molar-refractivity contribution in [2.24, 2.45) is 0 Å². The van der Waals surface area contributed by atoms with Crippen molar-refractivity contribution in [3.63, 3.8) is 0 Å². The summed E-state index contributed by atoms with van der Waals surface area (Å²) in [6.45, 7) is 0. The van der Waals surface area contributed by atoms with Crippen molar-refractivity contribution in [3.8, 4) is 33.6 Å². The fourth-order valence-corrected chi connectivity index (χ4v) is 8.45. The predicted molar refractivity (Wildman–Crippen MR) is 236 cm³/mol. The summed E-state index contributed by atoms with van der Waals surface area (Å²) in [7, 11) is 0. The zero-order valence-corrected chi connectivity index (χ0v) is 30.5. The summed E-state index contributed by atoms with van der Waals surface area (Å²) in [4.78, 5) is 7.70. The van der Waals surface area contributed by atoms with Gasteiger partial charge in [-0.1, -0.05) is 146 Å². The van der Waals surface area contributed by atoms with Crippen molar-refractivity contribution in [1.82, 2.24) is 9.38 Å². The van der Waals surface area contributed by atoms with Crippen LogP contribution in [0, 0.1) is 0 Å². The maximum atomic E-state index is 5.39. The van der Waals surface area contributed by atoms with Gasteiger partial charge in [0.05, 0.1) is 16.6 Å². The summed E-state index contributed by atoms with van der Waals surface area (Å²) >= 11 is 0. The molecule has 0 bridgehead atoms. The molecule has 11 rings (SSSR count). The van der Waals surface area contributed by atoms with E-state index in [1.54, 1.807) is 0 Å². The van der Waals surface area contributed by atoms with Crippen molar-refractivity contribution in [3.05, 3.63) is 212 Å². The molecule has 3 nitrogen and oxygen atoms in total. The first-order valence-corrected chi connectivity index (χ1v) is 19.1. The monoisotopic (exact) mass is 713 g/mol. The molecule has 11 aromatic rings. The van der Waals surface area contributed by atoms with Crippen LogP contribution in [0.3, 0.4) is 0 Å². The number of hydrogen-bond donors (Lipinski definition) is 0. The Kier molecular flexibility index (Phi) is 7.49. The largest absolute Gasteiger partial charge is 0.311 e. The summed E-state index contributed by atoms with van der Waals surface area (Å²) < 4.78 is 2.38. The molecule has 0 saturated heterocycles. The van der Waals surface area contributed by atoms with Gasteiger partial charge in [0.15, 0.2) is 0 Å². The number of nitrogens with zero attached hydrogens (tertiary/aromatic N) is 3. The molecule has 0 unspecified atom stereocenters. The highest BCUT2D eigenvalue weighted by atomic mass is 15.1. The molecule has 0 atom stereocenters. The number of rotatable bonds is 6. The SMILES string of the molecule is c1ccc(N(c2ccccc2)c2ccc(-c3c4ccccc4n4c(-c5ccc6cc(-c7ccc8ccccc8c7)ccc6c5)nc5ccccc5c34)cc2)cc1. The van der Waals surface area contributed by atoms with Gasteiger partial charge in [-0.2, -0.15) is 0 Å². The van der Waals surface area contributed by atoms with Gasteiger partial charge in [0.25, 0.3) is 0 Å². The molecule has 2 aromatic heterocycles. The third-order valence-electron chi connectivity index (χ3n) is 11.1. The quantitative estimate of drug-likeness (QED) is 0.171. The Morgan fingerprint density at radius 1 is 0.357 bits per heavy atom. The zero-order valence-electron chi connectivity index (χ0n) is 30.5. The van der Waals surface area contributed by atoms with E-state index < -0.39 is 0 Å². The summed E-state index contributed by atoms with van der Waals surface area (Å²) in [6, 6.07) is 76.3. The van der Waals surface area contributed by atoms with Crippen LogP contribution in [0.1, 0.15) is 0 Å².